The van der Waals surface area contributed by atoms with E-state index in [0.717, 1.165) is 11.1 Å². The van der Waals surface area contributed by atoms with Crippen molar-refractivity contribution in [1.29, 1.82) is 0 Å². The van der Waals surface area contributed by atoms with E-state index in [1.165, 1.54) is 0 Å². The summed E-state index contributed by atoms with van der Waals surface area (Å²) in [5.74, 6) is -0.591. The molecule has 22 heavy (non-hydrogen) atoms. The first-order chi connectivity index (χ1) is 10.6. The van der Waals surface area contributed by atoms with Crippen molar-refractivity contribution in [2.24, 2.45) is 0 Å². The van der Waals surface area contributed by atoms with Crippen LogP contribution < -0.4 is 4.74 Å². The third-order valence-electron chi connectivity index (χ3n) is 3.26. The van der Waals surface area contributed by atoms with Gasteiger partial charge in [-0.15, -0.1) is 0 Å². The summed E-state index contributed by atoms with van der Waals surface area (Å²) in [5.41, 5.74) is 1.62. The molecule has 0 spiro atoms. The van der Waals surface area contributed by atoms with Crippen LogP contribution in [0, 0.1) is 0 Å². The smallest absolute Gasteiger partial charge is 0.304 e. The summed E-state index contributed by atoms with van der Waals surface area (Å²) in [5, 5.41) is 9.77. The molecule has 0 unspecified atom stereocenters. The highest BCUT2D eigenvalue weighted by Gasteiger charge is 2.20. The van der Waals surface area contributed by atoms with Gasteiger partial charge >= 0.3 is 5.97 Å². The van der Waals surface area contributed by atoms with Crippen molar-refractivity contribution >= 4 is 17.6 Å². The Morgan fingerprint density at radius 3 is 2.68 bits per heavy atom. The predicted octanol–water partition coefficient (Wildman–Crippen LogP) is 3.93. The van der Waals surface area contributed by atoms with E-state index in [4.69, 9.17) is 21.1 Å². The maximum Gasteiger partial charge on any atom is 0.304 e. The lowest BCUT2D eigenvalue weighted by Crippen LogP contribution is -2.09. The molecule has 116 valence electrons. The van der Waals surface area contributed by atoms with Gasteiger partial charge < -0.3 is 14.6 Å². The maximum absolute atomic E-state index is 11.2. The second-order valence-electron chi connectivity index (χ2n) is 4.80. The average molecular weight is 321 g/mol. The van der Waals surface area contributed by atoms with Crippen LogP contribution in [0.1, 0.15) is 23.5 Å². The molecule has 0 bridgehead atoms. The Hall–Kier alpha value is -2.04. The maximum atomic E-state index is 11.2. The number of carbonyl (C=O) groups is 1. The Balaban J connectivity index is 2.37. The fourth-order valence-electron chi connectivity index (χ4n) is 2.29. The Bertz CT molecular complexity index is 642. The van der Waals surface area contributed by atoms with Crippen LogP contribution in [0.2, 0.25) is 5.02 Å². The van der Waals surface area contributed by atoms with Gasteiger partial charge in [0.25, 0.3) is 0 Å². The Morgan fingerprint density at radius 1 is 1.23 bits per heavy atom. The van der Waals surface area contributed by atoms with Crippen molar-refractivity contribution in [3.05, 3.63) is 64.7 Å². The van der Waals surface area contributed by atoms with Crippen LogP contribution in [-0.2, 0) is 9.53 Å². The van der Waals surface area contributed by atoms with Gasteiger partial charge in [0, 0.05) is 18.1 Å². The summed E-state index contributed by atoms with van der Waals surface area (Å²) in [6.07, 6.45) is -0.0442. The van der Waals surface area contributed by atoms with Gasteiger partial charge in [-0.1, -0.05) is 41.9 Å². The number of rotatable bonds is 7. The molecule has 2 aromatic carbocycles. The Kier molecular flexibility index (Phi) is 5.81. The van der Waals surface area contributed by atoms with Crippen LogP contribution in [-0.4, -0.2) is 25.0 Å². The molecule has 0 saturated heterocycles. The highest BCUT2D eigenvalue weighted by Crippen LogP contribution is 2.34. The van der Waals surface area contributed by atoms with Gasteiger partial charge in [0.1, 0.15) is 5.75 Å². The minimum absolute atomic E-state index is 0.0442. The van der Waals surface area contributed by atoms with Gasteiger partial charge in [-0.2, -0.15) is 0 Å². The van der Waals surface area contributed by atoms with E-state index in [0.29, 0.717) is 10.8 Å². The van der Waals surface area contributed by atoms with Gasteiger partial charge in [0.15, 0.2) is 6.79 Å². The normalized spacial score (nSPS) is 11.9. The zero-order chi connectivity index (χ0) is 15.9. The molecule has 1 atom stereocenters. The lowest BCUT2D eigenvalue weighted by atomic mass is 9.88. The second kappa shape index (κ2) is 7.82. The third kappa shape index (κ3) is 4.23. The van der Waals surface area contributed by atoms with Crippen molar-refractivity contribution < 1.29 is 19.4 Å². The van der Waals surface area contributed by atoms with Crippen molar-refractivity contribution in [3.63, 3.8) is 0 Å². The molecule has 2 aromatic rings. The lowest BCUT2D eigenvalue weighted by molar-refractivity contribution is -0.137. The number of benzene rings is 2. The quantitative estimate of drug-likeness (QED) is 0.785. The molecule has 4 nitrogen and oxygen atoms in total. The van der Waals surface area contributed by atoms with Crippen molar-refractivity contribution in [2.45, 2.75) is 12.3 Å². The minimum Gasteiger partial charge on any atom is -0.481 e. The number of halogens is 1. The monoisotopic (exact) mass is 320 g/mol. The van der Waals surface area contributed by atoms with E-state index in [2.05, 4.69) is 0 Å². The highest BCUT2D eigenvalue weighted by molar-refractivity contribution is 6.31. The van der Waals surface area contributed by atoms with Crippen LogP contribution in [0.15, 0.2) is 48.5 Å². The molecule has 2 rings (SSSR count). The molecule has 0 aromatic heterocycles. The fourth-order valence-corrected chi connectivity index (χ4v) is 2.56. The van der Waals surface area contributed by atoms with Crippen molar-refractivity contribution in [1.82, 2.24) is 0 Å². The molecule has 0 aliphatic heterocycles. The second-order valence-corrected chi connectivity index (χ2v) is 5.20. The number of ether oxygens (including phenoxy) is 2. The molecular formula is C17H17ClO4. The molecule has 0 aliphatic carbocycles. The van der Waals surface area contributed by atoms with Crippen molar-refractivity contribution in [3.8, 4) is 5.75 Å². The summed E-state index contributed by atoms with van der Waals surface area (Å²) in [6.45, 7) is 0.138. The molecule has 0 saturated carbocycles. The first-order valence-electron chi connectivity index (χ1n) is 6.79. The Labute approximate surface area is 134 Å². The summed E-state index contributed by atoms with van der Waals surface area (Å²) in [4.78, 5) is 11.2. The Morgan fingerprint density at radius 2 is 2.00 bits per heavy atom. The van der Waals surface area contributed by atoms with E-state index in [-0.39, 0.29) is 19.1 Å². The van der Waals surface area contributed by atoms with Gasteiger partial charge in [-0.3, -0.25) is 4.79 Å². The van der Waals surface area contributed by atoms with Crippen LogP contribution >= 0.6 is 11.6 Å². The number of aliphatic carboxylic acids is 1. The van der Waals surface area contributed by atoms with Gasteiger partial charge in [0.2, 0.25) is 0 Å². The summed E-state index contributed by atoms with van der Waals surface area (Å²) >= 11 is 6.23. The molecule has 1 N–H and O–H groups in total. The molecule has 0 radical (unpaired) electrons. The summed E-state index contributed by atoms with van der Waals surface area (Å²) in [6, 6.07) is 14.6. The molecule has 0 heterocycles. The fraction of sp³-hybridized carbons (Fsp3) is 0.235. The number of methoxy groups -OCH3 is 1. The van der Waals surface area contributed by atoms with E-state index in [1.54, 1.807) is 19.2 Å². The molecule has 0 amide bonds. The average Bonchev–Trinajstić information content (AvgIpc) is 2.51. The zero-order valence-corrected chi connectivity index (χ0v) is 12.9. The first kappa shape index (κ1) is 16.3. The van der Waals surface area contributed by atoms with Gasteiger partial charge in [-0.05, 0) is 29.3 Å². The van der Waals surface area contributed by atoms with E-state index >= 15 is 0 Å². The van der Waals surface area contributed by atoms with Gasteiger partial charge in [0.05, 0.1) is 6.42 Å². The largest absolute Gasteiger partial charge is 0.481 e. The number of carboxylic acid groups (broad SMARTS) is 1. The highest BCUT2D eigenvalue weighted by atomic mass is 35.5. The van der Waals surface area contributed by atoms with Crippen molar-refractivity contribution in [2.75, 3.05) is 13.9 Å². The van der Waals surface area contributed by atoms with Crippen LogP contribution in [0.4, 0.5) is 0 Å². The standard InChI is InChI=1S/C17H17ClO4/c1-21-11-22-13-6-4-5-12(9-13)15(10-17(19)20)14-7-2-3-8-16(14)18/h2-9,15H,10-11H2,1H3,(H,19,20)/t15-/m0/s1. The molecule has 5 heteroatoms. The first-order valence-corrected chi connectivity index (χ1v) is 7.17. The third-order valence-corrected chi connectivity index (χ3v) is 3.61. The number of hydrogen-bond donors (Lipinski definition) is 1. The van der Waals surface area contributed by atoms with E-state index < -0.39 is 5.97 Å². The van der Waals surface area contributed by atoms with Gasteiger partial charge in [-0.25, -0.2) is 0 Å². The van der Waals surface area contributed by atoms with Crippen LogP contribution in [0.25, 0.3) is 0 Å². The zero-order valence-electron chi connectivity index (χ0n) is 12.2. The predicted molar refractivity (Wildman–Crippen MR) is 84.5 cm³/mol. The lowest BCUT2D eigenvalue weighted by Gasteiger charge is -2.18. The van der Waals surface area contributed by atoms with E-state index in [1.807, 2.05) is 36.4 Å². The molecular weight excluding hydrogens is 304 g/mol. The topological polar surface area (TPSA) is 55.8 Å². The summed E-state index contributed by atoms with van der Waals surface area (Å²) in [7, 11) is 1.54. The SMILES string of the molecule is COCOc1cccc([C@H](CC(=O)O)c2ccccc2Cl)c1. The number of hydrogen-bond acceptors (Lipinski definition) is 3. The van der Waals surface area contributed by atoms with Crippen LogP contribution in [0.5, 0.6) is 5.75 Å². The summed E-state index contributed by atoms with van der Waals surface area (Å²) < 4.78 is 10.3. The number of carboxylic acids is 1. The molecule has 0 fully saturated rings. The molecule has 0 aliphatic rings. The van der Waals surface area contributed by atoms with E-state index in [9.17, 15) is 9.90 Å². The van der Waals surface area contributed by atoms with Crippen LogP contribution in [0.3, 0.4) is 0 Å². The minimum atomic E-state index is -0.881.